The summed E-state index contributed by atoms with van der Waals surface area (Å²) in [6.45, 7) is 13.5. The minimum absolute atomic E-state index is 0.00265. The van der Waals surface area contributed by atoms with Crippen molar-refractivity contribution < 1.29 is 14.0 Å². The maximum absolute atomic E-state index is 13.6. The predicted molar refractivity (Wildman–Crippen MR) is 137 cm³/mol. The van der Waals surface area contributed by atoms with Gasteiger partial charge in [0, 0.05) is 5.56 Å². The third-order valence-corrected chi connectivity index (χ3v) is 7.40. The lowest BCUT2D eigenvalue weighted by atomic mass is 9.64. The van der Waals surface area contributed by atoms with E-state index in [9.17, 15) is 4.79 Å². The Hall–Kier alpha value is -2.53. The topological polar surface area (TPSA) is 38.8 Å². The molecule has 5 heteroatoms. The Morgan fingerprint density at radius 2 is 1.82 bits per heavy atom. The molecule has 2 aliphatic rings. The van der Waals surface area contributed by atoms with Gasteiger partial charge < -0.3 is 9.16 Å². The van der Waals surface area contributed by atoms with E-state index in [0.29, 0.717) is 11.7 Å². The quantitative estimate of drug-likeness (QED) is 0.437. The Bertz CT molecular complexity index is 1040. The maximum atomic E-state index is 13.6. The predicted octanol–water partition coefficient (Wildman–Crippen LogP) is 7.71. The molecule has 0 saturated carbocycles. The first kappa shape index (κ1) is 23.6. The number of anilines is 1. The SMILES string of the molecule is CCC1C2=C(c3c(O[Si](C)C)cccc3N1C(=O)Oc1ccccc1)C(C(C)(C)C)CCC2. The lowest BCUT2D eigenvalue weighted by Gasteiger charge is -2.46. The van der Waals surface area contributed by atoms with Gasteiger partial charge in [-0.25, -0.2) is 4.79 Å². The van der Waals surface area contributed by atoms with Crippen LogP contribution in [-0.4, -0.2) is 21.2 Å². The second-order valence-electron chi connectivity index (χ2n) is 10.4. The van der Waals surface area contributed by atoms with Crippen molar-refractivity contribution >= 4 is 26.4 Å². The Kier molecular flexibility index (Phi) is 6.71. The average molecular weight is 463 g/mol. The summed E-state index contributed by atoms with van der Waals surface area (Å²) in [7, 11) is -0.970. The van der Waals surface area contributed by atoms with Crippen LogP contribution < -0.4 is 14.1 Å². The number of nitrogens with zero attached hydrogens (tertiary/aromatic N) is 1. The monoisotopic (exact) mass is 462 g/mol. The number of hydrogen-bond acceptors (Lipinski definition) is 3. The Labute approximate surface area is 200 Å². The summed E-state index contributed by atoms with van der Waals surface area (Å²) in [5.41, 5.74) is 4.95. The van der Waals surface area contributed by atoms with E-state index in [1.165, 1.54) is 11.1 Å². The second-order valence-corrected chi connectivity index (χ2v) is 12.4. The van der Waals surface area contributed by atoms with Crippen LogP contribution in [0.1, 0.15) is 58.9 Å². The van der Waals surface area contributed by atoms with Crippen LogP contribution in [0.15, 0.2) is 54.1 Å². The summed E-state index contributed by atoms with van der Waals surface area (Å²) in [6, 6.07) is 15.5. The van der Waals surface area contributed by atoms with E-state index in [0.717, 1.165) is 42.7 Å². The highest BCUT2D eigenvalue weighted by Crippen LogP contribution is 2.55. The molecule has 4 nitrogen and oxygen atoms in total. The van der Waals surface area contributed by atoms with Gasteiger partial charge in [-0.15, -0.1) is 0 Å². The van der Waals surface area contributed by atoms with Gasteiger partial charge in [-0.1, -0.05) is 52.0 Å². The van der Waals surface area contributed by atoms with E-state index in [1.807, 2.05) is 41.3 Å². The van der Waals surface area contributed by atoms with E-state index < -0.39 is 9.04 Å². The summed E-state index contributed by atoms with van der Waals surface area (Å²) >= 11 is 0. The van der Waals surface area contributed by atoms with Crippen LogP contribution >= 0.6 is 0 Å². The van der Waals surface area contributed by atoms with Gasteiger partial charge in [0.1, 0.15) is 11.5 Å². The summed E-state index contributed by atoms with van der Waals surface area (Å²) in [4.78, 5) is 15.5. The fourth-order valence-electron chi connectivity index (χ4n) is 5.46. The smallest absolute Gasteiger partial charge is 0.420 e. The molecule has 0 aromatic heterocycles. The summed E-state index contributed by atoms with van der Waals surface area (Å²) in [5, 5.41) is 0. The number of ether oxygens (including phenoxy) is 1. The highest BCUT2D eigenvalue weighted by Gasteiger charge is 2.44. The number of amides is 1. The van der Waals surface area contributed by atoms with E-state index in [2.05, 4.69) is 52.9 Å². The van der Waals surface area contributed by atoms with Crippen molar-refractivity contribution in [1.29, 1.82) is 0 Å². The van der Waals surface area contributed by atoms with E-state index in [4.69, 9.17) is 9.16 Å². The number of carbonyl (C=O) groups is 1. The van der Waals surface area contributed by atoms with Gasteiger partial charge >= 0.3 is 6.09 Å². The number of allylic oxidation sites excluding steroid dienone is 1. The summed E-state index contributed by atoms with van der Waals surface area (Å²) < 4.78 is 12.3. The summed E-state index contributed by atoms with van der Waals surface area (Å²) in [6.07, 6.45) is 3.85. The van der Waals surface area contributed by atoms with Crippen LogP contribution in [-0.2, 0) is 0 Å². The fourth-order valence-corrected chi connectivity index (χ4v) is 6.07. The molecule has 0 N–H and O–H groups in total. The zero-order valence-electron chi connectivity index (χ0n) is 20.8. The molecule has 2 aromatic rings. The standard InChI is InChI=1S/C28H36NO3Si/c1-7-22-20-15-11-16-21(28(2,3)4)25(20)26-23(17-12-18-24(26)32-33(5)6)29(22)27(30)31-19-13-9-8-10-14-19/h8-10,12-14,17-18,21-22H,7,11,15-16H2,1-6H3. The van der Waals surface area contributed by atoms with Gasteiger partial charge in [-0.2, -0.15) is 0 Å². The van der Waals surface area contributed by atoms with E-state index in [-0.39, 0.29) is 17.6 Å². The van der Waals surface area contributed by atoms with Crippen LogP contribution in [0.5, 0.6) is 11.5 Å². The molecule has 0 spiro atoms. The first-order valence-electron chi connectivity index (χ1n) is 12.1. The van der Waals surface area contributed by atoms with Gasteiger partial charge in [0.25, 0.3) is 9.04 Å². The molecule has 0 bridgehead atoms. The molecule has 1 amide bonds. The number of benzene rings is 2. The molecule has 0 fully saturated rings. The number of fused-ring (bicyclic) bond motifs is 2. The molecule has 1 radical (unpaired) electrons. The number of carbonyl (C=O) groups excluding carboxylic acids is 1. The molecular weight excluding hydrogens is 426 g/mol. The van der Waals surface area contributed by atoms with Crippen LogP contribution in [0.4, 0.5) is 10.5 Å². The zero-order chi connectivity index (χ0) is 23.8. The number of rotatable bonds is 4. The normalized spacial score (nSPS) is 20.4. The summed E-state index contributed by atoms with van der Waals surface area (Å²) in [5.74, 6) is 1.90. The van der Waals surface area contributed by atoms with Crippen LogP contribution in [0, 0.1) is 11.3 Å². The van der Waals surface area contributed by atoms with Crippen LogP contribution in [0.3, 0.4) is 0 Å². The molecule has 2 unspecified atom stereocenters. The Balaban J connectivity index is 1.90. The first-order valence-corrected chi connectivity index (χ1v) is 14.5. The Morgan fingerprint density at radius 3 is 2.45 bits per heavy atom. The van der Waals surface area contributed by atoms with Crippen molar-refractivity contribution in [1.82, 2.24) is 0 Å². The highest BCUT2D eigenvalue weighted by molar-refractivity contribution is 6.49. The molecule has 2 aromatic carbocycles. The van der Waals surface area contributed by atoms with Gasteiger partial charge in [-0.05, 0) is 85.5 Å². The van der Waals surface area contributed by atoms with E-state index in [1.54, 1.807) is 0 Å². The third kappa shape index (κ3) is 4.61. The third-order valence-electron chi connectivity index (χ3n) is 6.77. The minimum atomic E-state index is -0.970. The molecule has 2 atom stereocenters. The van der Waals surface area contributed by atoms with Crippen molar-refractivity contribution in [2.45, 2.75) is 72.5 Å². The maximum Gasteiger partial charge on any atom is 0.420 e. The van der Waals surface area contributed by atoms with Crippen molar-refractivity contribution in [3.05, 3.63) is 59.7 Å². The molecule has 1 aliphatic heterocycles. The molecular formula is C28H36NO3Si. The molecule has 33 heavy (non-hydrogen) atoms. The number of hydrogen-bond donors (Lipinski definition) is 0. The molecule has 4 rings (SSSR count). The molecule has 175 valence electrons. The highest BCUT2D eigenvalue weighted by atomic mass is 28.3. The van der Waals surface area contributed by atoms with Crippen molar-refractivity contribution in [3.63, 3.8) is 0 Å². The first-order chi connectivity index (χ1) is 15.7. The van der Waals surface area contributed by atoms with Crippen molar-refractivity contribution in [2.24, 2.45) is 11.3 Å². The largest absolute Gasteiger partial charge is 0.542 e. The fraction of sp³-hybridized carbons (Fsp3) is 0.464. The Morgan fingerprint density at radius 1 is 1.09 bits per heavy atom. The molecule has 0 saturated heterocycles. The van der Waals surface area contributed by atoms with Crippen LogP contribution in [0.2, 0.25) is 13.1 Å². The van der Waals surface area contributed by atoms with Gasteiger partial charge in [0.15, 0.2) is 0 Å². The van der Waals surface area contributed by atoms with Crippen molar-refractivity contribution in [2.75, 3.05) is 4.90 Å². The lowest BCUT2D eigenvalue weighted by molar-refractivity contribution is 0.204. The lowest BCUT2D eigenvalue weighted by Crippen LogP contribution is -2.47. The minimum Gasteiger partial charge on any atom is -0.542 e. The van der Waals surface area contributed by atoms with Crippen LogP contribution in [0.25, 0.3) is 5.57 Å². The molecule has 1 heterocycles. The zero-order valence-corrected chi connectivity index (χ0v) is 21.8. The van der Waals surface area contributed by atoms with E-state index >= 15 is 0 Å². The van der Waals surface area contributed by atoms with Crippen molar-refractivity contribution in [3.8, 4) is 11.5 Å². The number of para-hydroxylation sites is 1. The van der Waals surface area contributed by atoms with Gasteiger partial charge in [-0.3, -0.25) is 4.90 Å². The van der Waals surface area contributed by atoms with Gasteiger partial charge in [0.2, 0.25) is 0 Å². The second kappa shape index (κ2) is 9.38. The average Bonchev–Trinajstić information content (AvgIpc) is 2.77. The van der Waals surface area contributed by atoms with Gasteiger partial charge in [0.05, 0.1) is 11.7 Å². The molecule has 1 aliphatic carbocycles.